The lowest BCUT2D eigenvalue weighted by molar-refractivity contribution is -0.119. The van der Waals surface area contributed by atoms with Crippen LogP contribution < -0.4 is 10.9 Å². The molecule has 5 nitrogen and oxygen atoms in total. The van der Waals surface area contributed by atoms with Crippen LogP contribution in [-0.4, -0.2) is 21.2 Å². The van der Waals surface area contributed by atoms with Gasteiger partial charge in [0.1, 0.15) is 0 Å². The van der Waals surface area contributed by atoms with Crippen molar-refractivity contribution in [3.05, 3.63) is 70.5 Å². The summed E-state index contributed by atoms with van der Waals surface area (Å²) >= 11 is 1.30. The zero-order chi connectivity index (χ0) is 20.1. The largest absolute Gasteiger partial charge is 0.349 e. The van der Waals surface area contributed by atoms with Gasteiger partial charge in [0, 0.05) is 6.04 Å². The lowest BCUT2D eigenvalue weighted by Crippen LogP contribution is -2.29. The van der Waals surface area contributed by atoms with Gasteiger partial charge in [-0.3, -0.25) is 14.2 Å². The number of carbonyl (C=O) groups is 1. The molecule has 1 aromatic heterocycles. The van der Waals surface area contributed by atoms with Crippen LogP contribution in [0.2, 0.25) is 0 Å². The topological polar surface area (TPSA) is 64.0 Å². The van der Waals surface area contributed by atoms with E-state index in [1.54, 1.807) is 10.6 Å². The van der Waals surface area contributed by atoms with Crippen molar-refractivity contribution in [3.8, 4) is 0 Å². The van der Waals surface area contributed by atoms with Crippen LogP contribution in [0.5, 0.6) is 0 Å². The van der Waals surface area contributed by atoms with Crippen molar-refractivity contribution in [1.82, 2.24) is 14.9 Å². The van der Waals surface area contributed by atoms with Gasteiger partial charge in [-0.1, -0.05) is 61.2 Å². The Morgan fingerprint density at radius 3 is 2.50 bits per heavy atom. The van der Waals surface area contributed by atoms with Gasteiger partial charge in [0.2, 0.25) is 5.91 Å². The Hall–Kier alpha value is -2.60. The first-order chi connectivity index (χ1) is 13.5. The van der Waals surface area contributed by atoms with Crippen molar-refractivity contribution in [3.63, 3.8) is 0 Å². The number of nitrogens with one attached hydrogen (secondary N) is 1. The summed E-state index contributed by atoms with van der Waals surface area (Å²) < 4.78 is 1.71. The van der Waals surface area contributed by atoms with Crippen molar-refractivity contribution >= 4 is 28.6 Å². The van der Waals surface area contributed by atoms with Gasteiger partial charge in [0.05, 0.1) is 22.7 Å². The first-order valence-corrected chi connectivity index (χ1v) is 10.5. The number of rotatable bonds is 7. The molecule has 2 aromatic carbocycles. The maximum atomic E-state index is 13.0. The molecule has 0 aliphatic carbocycles. The number of hydrogen-bond acceptors (Lipinski definition) is 4. The molecule has 0 bridgehead atoms. The van der Waals surface area contributed by atoms with E-state index in [0.29, 0.717) is 16.1 Å². The molecule has 0 fully saturated rings. The van der Waals surface area contributed by atoms with E-state index in [1.165, 1.54) is 11.8 Å². The molecule has 0 unspecified atom stereocenters. The number of aromatic nitrogens is 2. The van der Waals surface area contributed by atoms with Crippen LogP contribution >= 0.6 is 11.8 Å². The molecule has 2 atom stereocenters. The average molecular weight is 396 g/mol. The summed E-state index contributed by atoms with van der Waals surface area (Å²) in [5.41, 5.74) is 1.66. The number of fused-ring (bicyclic) bond motifs is 1. The number of carbonyl (C=O) groups excluding carboxylic acids is 1. The van der Waals surface area contributed by atoms with Gasteiger partial charge in [-0.05, 0) is 38.0 Å². The molecule has 0 aliphatic rings. The predicted octanol–water partition coefficient (Wildman–Crippen LogP) is 4.34. The fourth-order valence-electron chi connectivity index (χ4n) is 3.04. The van der Waals surface area contributed by atoms with E-state index in [-0.39, 0.29) is 29.3 Å². The van der Waals surface area contributed by atoms with E-state index in [4.69, 9.17) is 0 Å². The molecule has 0 saturated heterocycles. The van der Waals surface area contributed by atoms with Crippen molar-refractivity contribution in [2.45, 2.75) is 44.4 Å². The SMILES string of the molecule is CC[C@H](C)n1c(SCC(=O)N[C@@H](C)c2ccccc2)nc2ccccc2c1=O. The monoisotopic (exact) mass is 395 g/mol. The summed E-state index contributed by atoms with van der Waals surface area (Å²) in [6.07, 6.45) is 0.810. The van der Waals surface area contributed by atoms with Crippen molar-refractivity contribution in [2.75, 3.05) is 5.75 Å². The summed E-state index contributed by atoms with van der Waals surface area (Å²) in [5, 5.41) is 4.20. The quantitative estimate of drug-likeness (QED) is 0.477. The highest BCUT2D eigenvalue weighted by atomic mass is 32.2. The number of benzene rings is 2. The molecule has 146 valence electrons. The molecular formula is C22H25N3O2S. The molecule has 1 amide bonds. The maximum absolute atomic E-state index is 13.0. The second-order valence-electron chi connectivity index (χ2n) is 6.83. The zero-order valence-corrected chi connectivity index (χ0v) is 17.2. The lowest BCUT2D eigenvalue weighted by Gasteiger charge is -2.18. The van der Waals surface area contributed by atoms with Crippen LogP contribution in [0.15, 0.2) is 64.5 Å². The van der Waals surface area contributed by atoms with Gasteiger partial charge < -0.3 is 5.32 Å². The summed E-state index contributed by atoms with van der Waals surface area (Å²) in [6, 6.07) is 17.1. The van der Waals surface area contributed by atoms with E-state index in [9.17, 15) is 9.59 Å². The van der Waals surface area contributed by atoms with Crippen LogP contribution in [0.3, 0.4) is 0 Å². The predicted molar refractivity (Wildman–Crippen MR) is 115 cm³/mol. The third-order valence-electron chi connectivity index (χ3n) is 4.82. The number of thioether (sulfide) groups is 1. The molecule has 0 spiro atoms. The van der Waals surface area contributed by atoms with Gasteiger partial charge >= 0.3 is 0 Å². The Balaban J connectivity index is 1.79. The molecule has 28 heavy (non-hydrogen) atoms. The average Bonchev–Trinajstić information content (AvgIpc) is 2.72. The van der Waals surface area contributed by atoms with E-state index in [2.05, 4.69) is 10.3 Å². The molecule has 3 aromatic rings. The molecule has 0 saturated carbocycles. The Bertz CT molecular complexity index is 1020. The standard InChI is InChI=1S/C22H25N3O2S/c1-4-15(2)25-21(27)18-12-8-9-13-19(18)24-22(25)28-14-20(26)23-16(3)17-10-6-5-7-11-17/h5-13,15-16H,4,14H2,1-3H3,(H,23,26)/t15-,16-/m0/s1. The van der Waals surface area contributed by atoms with Gasteiger partial charge in [-0.2, -0.15) is 0 Å². The smallest absolute Gasteiger partial charge is 0.262 e. The second-order valence-corrected chi connectivity index (χ2v) is 7.78. The van der Waals surface area contributed by atoms with Gasteiger partial charge in [-0.25, -0.2) is 4.98 Å². The highest BCUT2D eigenvalue weighted by Gasteiger charge is 2.17. The van der Waals surface area contributed by atoms with E-state index >= 15 is 0 Å². The number of para-hydroxylation sites is 1. The van der Waals surface area contributed by atoms with Crippen LogP contribution in [-0.2, 0) is 4.79 Å². The normalized spacial score (nSPS) is 13.2. The van der Waals surface area contributed by atoms with E-state index in [1.807, 2.05) is 69.3 Å². The van der Waals surface area contributed by atoms with Crippen LogP contribution in [0.25, 0.3) is 10.9 Å². The van der Waals surface area contributed by atoms with Gasteiger partial charge in [0.25, 0.3) is 5.56 Å². The summed E-state index contributed by atoms with van der Waals surface area (Å²) in [6.45, 7) is 6.00. The summed E-state index contributed by atoms with van der Waals surface area (Å²) in [7, 11) is 0. The highest BCUT2D eigenvalue weighted by Crippen LogP contribution is 2.22. The van der Waals surface area contributed by atoms with Crippen molar-refractivity contribution < 1.29 is 4.79 Å². The third-order valence-corrected chi connectivity index (χ3v) is 5.77. The number of hydrogen-bond donors (Lipinski definition) is 1. The Labute approximate surface area is 169 Å². The van der Waals surface area contributed by atoms with Crippen LogP contribution in [0.1, 0.15) is 44.8 Å². The van der Waals surface area contributed by atoms with Crippen LogP contribution in [0, 0.1) is 0 Å². The van der Waals surface area contributed by atoms with E-state index in [0.717, 1.165) is 12.0 Å². The number of nitrogens with zero attached hydrogens (tertiary/aromatic N) is 2. The Morgan fingerprint density at radius 1 is 1.11 bits per heavy atom. The van der Waals surface area contributed by atoms with Crippen molar-refractivity contribution in [1.29, 1.82) is 0 Å². The highest BCUT2D eigenvalue weighted by molar-refractivity contribution is 7.99. The summed E-state index contributed by atoms with van der Waals surface area (Å²) in [4.78, 5) is 30.1. The maximum Gasteiger partial charge on any atom is 0.262 e. The molecular weight excluding hydrogens is 370 g/mol. The molecule has 1 heterocycles. The van der Waals surface area contributed by atoms with Crippen LogP contribution in [0.4, 0.5) is 0 Å². The fraction of sp³-hybridized carbons (Fsp3) is 0.318. The second kappa shape index (κ2) is 9.06. The third kappa shape index (κ3) is 4.44. The first-order valence-electron chi connectivity index (χ1n) is 9.49. The molecule has 0 aliphatic heterocycles. The first kappa shape index (κ1) is 20.1. The fourth-order valence-corrected chi connectivity index (χ4v) is 3.95. The molecule has 3 rings (SSSR count). The molecule has 6 heteroatoms. The minimum absolute atomic E-state index is 0.0124. The molecule has 0 radical (unpaired) electrons. The number of amides is 1. The molecule has 1 N–H and O–H groups in total. The lowest BCUT2D eigenvalue weighted by atomic mass is 10.1. The Kier molecular flexibility index (Phi) is 6.52. The summed E-state index contributed by atoms with van der Waals surface area (Å²) in [5.74, 6) is 0.123. The Morgan fingerprint density at radius 2 is 1.79 bits per heavy atom. The van der Waals surface area contributed by atoms with Gasteiger partial charge in [0.15, 0.2) is 5.16 Å². The van der Waals surface area contributed by atoms with Crippen molar-refractivity contribution in [2.24, 2.45) is 0 Å². The minimum atomic E-state index is -0.0838. The van der Waals surface area contributed by atoms with Gasteiger partial charge in [-0.15, -0.1) is 0 Å². The zero-order valence-electron chi connectivity index (χ0n) is 16.4. The van der Waals surface area contributed by atoms with E-state index < -0.39 is 0 Å². The minimum Gasteiger partial charge on any atom is -0.349 e.